The van der Waals surface area contributed by atoms with Crippen LogP contribution in [0.15, 0.2) is 6.07 Å². The highest BCUT2D eigenvalue weighted by Gasteiger charge is 2.24. The molecule has 0 bridgehead atoms. The first-order chi connectivity index (χ1) is 8.61. The predicted octanol–water partition coefficient (Wildman–Crippen LogP) is 0.982. The summed E-state index contributed by atoms with van der Waals surface area (Å²) in [4.78, 5) is 12.2. The van der Waals surface area contributed by atoms with Crippen molar-refractivity contribution in [2.24, 2.45) is 12.8 Å². The van der Waals surface area contributed by atoms with Gasteiger partial charge in [-0.15, -0.1) is 0 Å². The van der Waals surface area contributed by atoms with Gasteiger partial charge >= 0.3 is 0 Å². The number of hydrogen-bond donors (Lipinski definition) is 2. The molecule has 0 aromatic carbocycles. The number of carbonyl (C=O) groups excluding carboxylic acids is 1. The minimum atomic E-state index is -0.0629. The van der Waals surface area contributed by atoms with E-state index in [1.54, 1.807) is 11.7 Å². The van der Waals surface area contributed by atoms with E-state index in [4.69, 9.17) is 5.73 Å². The van der Waals surface area contributed by atoms with E-state index in [9.17, 15) is 4.79 Å². The van der Waals surface area contributed by atoms with Crippen LogP contribution in [0.4, 0.5) is 0 Å². The predicted molar refractivity (Wildman–Crippen MR) is 70.3 cm³/mol. The number of hydrogen-bond acceptors (Lipinski definition) is 3. The smallest absolute Gasteiger partial charge is 0.269 e. The molecule has 3 N–H and O–H groups in total. The van der Waals surface area contributed by atoms with Gasteiger partial charge in [-0.2, -0.15) is 5.10 Å². The summed E-state index contributed by atoms with van der Waals surface area (Å²) >= 11 is 0. The van der Waals surface area contributed by atoms with Gasteiger partial charge in [-0.3, -0.25) is 9.48 Å². The van der Waals surface area contributed by atoms with Gasteiger partial charge in [0.1, 0.15) is 5.69 Å². The normalized spacial score (nSPS) is 23.9. The molecular formula is C13H22N4O. The van der Waals surface area contributed by atoms with Gasteiger partial charge in [-0.05, 0) is 25.3 Å². The third-order valence-electron chi connectivity index (χ3n) is 3.66. The van der Waals surface area contributed by atoms with Gasteiger partial charge in [-0.1, -0.05) is 19.8 Å². The molecule has 100 valence electrons. The summed E-state index contributed by atoms with van der Waals surface area (Å²) in [7, 11) is 1.80. The van der Waals surface area contributed by atoms with Gasteiger partial charge in [0, 0.05) is 19.1 Å². The number of carbonyl (C=O) groups is 1. The van der Waals surface area contributed by atoms with Crippen molar-refractivity contribution in [3.8, 4) is 0 Å². The molecule has 1 saturated carbocycles. The van der Waals surface area contributed by atoms with Crippen molar-refractivity contribution >= 4 is 5.91 Å². The lowest BCUT2D eigenvalue weighted by Crippen LogP contribution is -2.49. The lowest BCUT2D eigenvalue weighted by molar-refractivity contribution is 0.0911. The monoisotopic (exact) mass is 250 g/mol. The molecule has 5 heteroatoms. The van der Waals surface area contributed by atoms with Gasteiger partial charge in [0.15, 0.2) is 0 Å². The Balaban J connectivity index is 2.04. The molecule has 1 heterocycles. The molecular weight excluding hydrogens is 228 g/mol. The summed E-state index contributed by atoms with van der Waals surface area (Å²) in [6.45, 7) is 2.03. The van der Waals surface area contributed by atoms with Crippen molar-refractivity contribution in [1.29, 1.82) is 0 Å². The number of amides is 1. The molecule has 18 heavy (non-hydrogen) atoms. The quantitative estimate of drug-likeness (QED) is 0.840. The summed E-state index contributed by atoms with van der Waals surface area (Å²) in [5, 5.41) is 7.33. The highest BCUT2D eigenvalue weighted by Crippen LogP contribution is 2.17. The number of nitrogens with two attached hydrogens (primary N) is 1. The van der Waals surface area contributed by atoms with Crippen LogP contribution in [-0.2, 0) is 13.5 Å². The Morgan fingerprint density at radius 1 is 1.56 bits per heavy atom. The van der Waals surface area contributed by atoms with Gasteiger partial charge in [0.25, 0.3) is 5.91 Å². The molecule has 2 rings (SSSR count). The molecule has 1 aromatic heterocycles. The summed E-state index contributed by atoms with van der Waals surface area (Å²) in [6.07, 6.45) is 5.12. The van der Waals surface area contributed by atoms with Gasteiger partial charge in [0.2, 0.25) is 0 Å². The molecule has 0 unspecified atom stereocenters. The van der Waals surface area contributed by atoms with Crippen LogP contribution in [0.1, 0.15) is 48.8 Å². The highest BCUT2D eigenvalue weighted by atomic mass is 16.2. The average molecular weight is 250 g/mol. The van der Waals surface area contributed by atoms with Crippen molar-refractivity contribution in [2.45, 2.75) is 51.1 Å². The standard InChI is InChI=1S/C13H22N4O/c1-3-9-8-12(17(2)16-9)13(18)15-11-7-5-4-6-10(11)14/h8,10-11H,3-7,14H2,1-2H3,(H,15,18)/t10-,11-/m1/s1. The molecule has 1 aromatic rings. The molecule has 0 spiro atoms. The minimum Gasteiger partial charge on any atom is -0.346 e. The molecule has 0 saturated heterocycles. The summed E-state index contributed by atoms with van der Waals surface area (Å²) in [5.74, 6) is -0.0629. The molecule has 1 aliphatic carbocycles. The third-order valence-corrected chi connectivity index (χ3v) is 3.66. The molecule has 0 aliphatic heterocycles. The van der Waals surface area contributed by atoms with E-state index in [0.717, 1.165) is 31.4 Å². The Morgan fingerprint density at radius 3 is 2.89 bits per heavy atom. The minimum absolute atomic E-state index is 0.0629. The van der Waals surface area contributed by atoms with Crippen molar-refractivity contribution in [1.82, 2.24) is 15.1 Å². The zero-order valence-corrected chi connectivity index (χ0v) is 11.1. The number of rotatable bonds is 3. The second-order valence-electron chi connectivity index (χ2n) is 5.03. The van der Waals surface area contributed by atoms with E-state index in [-0.39, 0.29) is 18.0 Å². The Bertz CT molecular complexity index is 427. The number of nitrogens with zero attached hydrogens (tertiary/aromatic N) is 2. The van der Waals surface area contributed by atoms with Crippen LogP contribution in [0, 0.1) is 0 Å². The maximum Gasteiger partial charge on any atom is 0.269 e. The van der Waals surface area contributed by atoms with E-state index in [2.05, 4.69) is 10.4 Å². The van der Waals surface area contributed by atoms with E-state index >= 15 is 0 Å². The van der Waals surface area contributed by atoms with Crippen LogP contribution < -0.4 is 11.1 Å². The van der Waals surface area contributed by atoms with Gasteiger partial charge in [-0.25, -0.2) is 0 Å². The van der Waals surface area contributed by atoms with Crippen LogP contribution in [-0.4, -0.2) is 27.8 Å². The maximum atomic E-state index is 12.2. The third kappa shape index (κ3) is 2.72. The van der Waals surface area contributed by atoms with Crippen molar-refractivity contribution in [2.75, 3.05) is 0 Å². The number of aryl methyl sites for hydroxylation is 2. The van der Waals surface area contributed by atoms with Crippen LogP contribution in [0.5, 0.6) is 0 Å². The first-order valence-electron chi connectivity index (χ1n) is 6.71. The molecule has 0 radical (unpaired) electrons. The van der Waals surface area contributed by atoms with Crippen LogP contribution >= 0.6 is 0 Å². The average Bonchev–Trinajstić information content (AvgIpc) is 2.73. The Kier molecular flexibility index (Phi) is 4.01. The zero-order valence-electron chi connectivity index (χ0n) is 11.1. The van der Waals surface area contributed by atoms with E-state index in [1.165, 1.54) is 6.42 Å². The fourth-order valence-electron chi connectivity index (χ4n) is 2.49. The number of aromatic nitrogens is 2. The molecule has 1 fully saturated rings. The molecule has 1 amide bonds. The highest BCUT2D eigenvalue weighted by molar-refractivity contribution is 5.92. The summed E-state index contributed by atoms with van der Waals surface area (Å²) in [6, 6.07) is 2.04. The topological polar surface area (TPSA) is 72.9 Å². The van der Waals surface area contributed by atoms with E-state index < -0.39 is 0 Å². The SMILES string of the molecule is CCc1cc(C(=O)N[C@@H]2CCCC[C@H]2N)n(C)n1. The second kappa shape index (κ2) is 5.52. The molecule has 2 atom stereocenters. The maximum absolute atomic E-state index is 12.2. The fourth-order valence-corrected chi connectivity index (χ4v) is 2.49. The Hall–Kier alpha value is -1.36. The lowest BCUT2D eigenvalue weighted by atomic mass is 9.91. The molecule has 1 aliphatic rings. The Morgan fingerprint density at radius 2 is 2.28 bits per heavy atom. The second-order valence-corrected chi connectivity index (χ2v) is 5.03. The van der Waals surface area contributed by atoms with Gasteiger partial charge < -0.3 is 11.1 Å². The van der Waals surface area contributed by atoms with E-state index in [0.29, 0.717) is 5.69 Å². The summed E-state index contributed by atoms with van der Waals surface area (Å²) < 4.78 is 1.64. The van der Waals surface area contributed by atoms with Crippen LogP contribution in [0.3, 0.4) is 0 Å². The number of nitrogens with one attached hydrogen (secondary N) is 1. The molecule has 5 nitrogen and oxygen atoms in total. The van der Waals surface area contributed by atoms with Gasteiger partial charge in [0.05, 0.1) is 5.69 Å². The Labute approximate surface area is 108 Å². The lowest BCUT2D eigenvalue weighted by Gasteiger charge is -2.29. The first-order valence-corrected chi connectivity index (χ1v) is 6.71. The largest absolute Gasteiger partial charge is 0.346 e. The zero-order chi connectivity index (χ0) is 13.1. The van der Waals surface area contributed by atoms with Crippen molar-refractivity contribution < 1.29 is 4.79 Å². The van der Waals surface area contributed by atoms with Crippen LogP contribution in [0.25, 0.3) is 0 Å². The van der Waals surface area contributed by atoms with Crippen molar-refractivity contribution in [3.63, 3.8) is 0 Å². The first kappa shape index (κ1) is 13.1. The van der Waals surface area contributed by atoms with E-state index in [1.807, 2.05) is 13.0 Å². The summed E-state index contributed by atoms with van der Waals surface area (Å²) in [5.41, 5.74) is 7.59. The van der Waals surface area contributed by atoms with Crippen LogP contribution in [0.2, 0.25) is 0 Å². The van der Waals surface area contributed by atoms with Crippen molar-refractivity contribution in [3.05, 3.63) is 17.5 Å². The fraction of sp³-hybridized carbons (Fsp3) is 0.692.